The van der Waals surface area contributed by atoms with Crippen molar-refractivity contribution in [3.8, 4) is 17.2 Å². The maximum atomic E-state index is 12.6. The number of anilines is 1. The zero-order valence-electron chi connectivity index (χ0n) is 17.2. The number of carbonyl (C=O) groups excluding carboxylic acids is 1. The molecule has 1 heterocycles. The number of oxazole rings is 1. The lowest BCUT2D eigenvalue weighted by Gasteiger charge is -2.15. The van der Waals surface area contributed by atoms with Crippen molar-refractivity contribution >= 4 is 21.6 Å². The van der Waals surface area contributed by atoms with Crippen LogP contribution in [0.3, 0.4) is 0 Å². The number of ether oxygens (including phenoxy) is 1. The van der Waals surface area contributed by atoms with Crippen molar-refractivity contribution in [2.45, 2.75) is 18.2 Å². The highest BCUT2D eigenvalue weighted by atomic mass is 32.2. The van der Waals surface area contributed by atoms with E-state index in [-0.39, 0.29) is 22.9 Å². The molecule has 0 aliphatic carbocycles. The van der Waals surface area contributed by atoms with Crippen molar-refractivity contribution in [1.82, 2.24) is 9.29 Å². The van der Waals surface area contributed by atoms with Gasteiger partial charge in [-0.1, -0.05) is 18.2 Å². The molecule has 9 heteroatoms. The van der Waals surface area contributed by atoms with Crippen LogP contribution in [0.4, 0.5) is 5.69 Å². The van der Waals surface area contributed by atoms with Crippen molar-refractivity contribution in [2.24, 2.45) is 0 Å². The Balaban J connectivity index is 1.82. The number of aromatic nitrogens is 1. The summed E-state index contributed by atoms with van der Waals surface area (Å²) < 4.78 is 36.8. The molecule has 1 aromatic heterocycles. The Morgan fingerprint density at radius 2 is 1.87 bits per heavy atom. The first kappa shape index (κ1) is 21.5. The normalized spacial score (nSPS) is 11.5. The summed E-state index contributed by atoms with van der Waals surface area (Å²) in [5.41, 5.74) is 1.58. The highest BCUT2D eigenvalue weighted by molar-refractivity contribution is 7.89. The Morgan fingerprint density at radius 1 is 1.17 bits per heavy atom. The van der Waals surface area contributed by atoms with E-state index in [4.69, 9.17) is 9.15 Å². The molecule has 8 nitrogen and oxygen atoms in total. The molecule has 0 atom stereocenters. The molecule has 2 aromatic carbocycles. The number of amides is 1. The van der Waals surface area contributed by atoms with Crippen molar-refractivity contribution in [3.63, 3.8) is 0 Å². The number of methoxy groups -OCH3 is 1. The van der Waals surface area contributed by atoms with Crippen LogP contribution in [0.25, 0.3) is 11.5 Å². The number of rotatable bonds is 7. The lowest BCUT2D eigenvalue weighted by molar-refractivity contribution is -0.115. The first-order valence-electron chi connectivity index (χ1n) is 9.14. The summed E-state index contributed by atoms with van der Waals surface area (Å²) in [5, 5.41) is 2.71. The van der Waals surface area contributed by atoms with Crippen LogP contribution in [-0.2, 0) is 21.2 Å². The largest absolute Gasteiger partial charge is 0.495 e. The van der Waals surface area contributed by atoms with E-state index in [9.17, 15) is 13.2 Å². The molecular weight excluding hydrogens is 406 g/mol. The molecule has 0 bridgehead atoms. The standard InChI is InChI=1S/C21H23N3O5S/c1-14-17(23-21(29-14)15-8-6-5-7-9-15)13-20(25)22-18-12-16(10-11-19(18)28-4)30(26,27)24(2)3/h5-12H,13H2,1-4H3,(H,22,25). The van der Waals surface area contributed by atoms with Gasteiger partial charge >= 0.3 is 0 Å². The molecule has 1 N–H and O–H groups in total. The molecule has 3 rings (SSSR count). The lowest BCUT2D eigenvalue weighted by atomic mass is 10.2. The molecule has 158 valence electrons. The van der Waals surface area contributed by atoms with Gasteiger partial charge in [0.05, 0.1) is 29.8 Å². The molecule has 0 radical (unpaired) electrons. The monoisotopic (exact) mass is 429 g/mol. The summed E-state index contributed by atoms with van der Waals surface area (Å²) in [6.07, 6.45) is -0.0318. The minimum Gasteiger partial charge on any atom is -0.495 e. The van der Waals surface area contributed by atoms with E-state index in [1.54, 1.807) is 6.92 Å². The Labute approximate surface area is 175 Å². The molecule has 0 unspecified atom stereocenters. The summed E-state index contributed by atoms with van der Waals surface area (Å²) in [6, 6.07) is 13.7. The Kier molecular flexibility index (Phi) is 6.23. The SMILES string of the molecule is COc1ccc(S(=O)(=O)N(C)C)cc1NC(=O)Cc1nc(-c2ccccc2)oc1C. The first-order chi connectivity index (χ1) is 14.2. The number of carbonyl (C=O) groups is 1. The van der Waals surface area contributed by atoms with Crippen molar-refractivity contribution in [1.29, 1.82) is 0 Å². The first-order valence-corrected chi connectivity index (χ1v) is 10.6. The maximum Gasteiger partial charge on any atom is 0.242 e. The molecular formula is C21H23N3O5S. The quantitative estimate of drug-likeness (QED) is 0.619. The average Bonchev–Trinajstić information content (AvgIpc) is 3.08. The Morgan fingerprint density at radius 3 is 2.50 bits per heavy atom. The Bertz CT molecular complexity index is 1150. The van der Waals surface area contributed by atoms with Crippen molar-refractivity contribution in [3.05, 3.63) is 60.0 Å². The van der Waals surface area contributed by atoms with Crippen LogP contribution in [-0.4, -0.2) is 44.8 Å². The minimum atomic E-state index is -3.65. The third-order valence-electron chi connectivity index (χ3n) is 4.47. The second kappa shape index (κ2) is 8.68. The van der Waals surface area contributed by atoms with Crippen molar-refractivity contribution in [2.75, 3.05) is 26.5 Å². The third kappa shape index (κ3) is 4.52. The number of sulfonamides is 1. The van der Waals surface area contributed by atoms with Gasteiger partial charge in [0.15, 0.2) is 0 Å². The predicted molar refractivity (Wildman–Crippen MR) is 113 cm³/mol. The van der Waals surface area contributed by atoms with Gasteiger partial charge < -0.3 is 14.5 Å². The molecule has 0 saturated carbocycles. The summed E-state index contributed by atoms with van der Waals surface area (Å²) in [7, 11) is 0.669. The van der Waals surface area contributed by atoms with E-state index in [0.29, 0.717) is 23.1 Å². The van der Waals surface area contributed by atoms with Crippen LogP contribution in [0.5, 0.6) is 5.75 Å². The van der Waals surface area contributed by atoms with Crippen LogP contribution in [0.1, 0.15) is 11.5 Å². The van der Waals surface area contributed by atoms with Gasteiger partial charge in [-0.2, -0.15) is 0 Å². The number of nitrogens with one attached hydrogen (secondary N) is 1. The van der Waals surface area contributed by atoms with E-state index in [1.165, 1.54) is 39.4 Å². The molecule has 30 heavy (non-hydrogen) atoms. The van der Waals surface area contributed by atoms with Crippen LogP contribution < -0.4 is 10.1 Å². The van der Waals surface area contributed by atoms with E-state index in [0.717, 1.165) is 9.87 Å². The van der Waals surface area contributed by atoms with Gasteiger partial charge in [0, 0.05) is 19.7 Å². The van der Waals surface area contributed by atoms with Crippen LogP contribution in [0.15, 0.2) is 57.8 Å². The zero-order valence-corrected chi connectivity index (χ0v) is 18.0. The highest BCUT2D eigenvalue weighted by Gasteiger charge is 2.21. The Hall–Kier alpha value is -3.17. The molecule has 1 amide bonds. The molecule has 0 saturated heterocycles. The van der Waals surface area contributed by atoms with Crippen LogP contribution in [0.2, 0.25) is 0 Å². The average molecular weight is 429 g/mol. The molecule has 3 aromatic rings. The number of benzene rings is 2. The third-order valence-corrected chi connectivity index (χ3v) is 6.28. The van der Waals surface area contributed by atoms with Gasteiger partial charge in [-0.3, -0.25) is 4.79 Å². The summed E-state index contributed by atoms with van der Waals surface area (Å²) in [6.45, 7) is 1.74. The van der Waals surface area contributed by atoms with E-state index < -0.39 is 10.0 Å². The topological polar surface area (TPSA) is 102 Å². The van der Waals surface area contributed by atoms with Crippen LogP contribution in [0, 0.1) is 6.92 Å². The number of aryl methyl sites for hydroxylation is 1. The molecule has 0 aliphatic rings. The number of nitrogens with zero attached hydrogens (tertiary/aromatic N) is 2. The molecule has 0 fully saturated rings. The second-order valence-electron chi connectivity index (χ2n) is 6.76. The van der Waals surface area contributed by atoms with Gasteiger partial charge in [0.1, 0.15) is 11.5 Å². The maximum absolute atomic E-state index is 12.6. The second-order valence-corrected chi connectivity index (χ2v) is 8.91. The predicted octanol–water partition coefficient (Wildman–Crippen LogP) is 3.09. The van der Waals surface area contributed by atoms with E-state index >= 15 is 0 Å². The lowest BCUT2D eigenvalue weighted by Crippen LogP contribution is -2.22. The highest BCUT2D eigenvalue weighted by Crippen LogP contribution is 2.29. The van der Waals surface area contributed by atoms with Gasteiger partial charge in [0.25, 0.3) is 0 Å². The fourth-order valence-electron chi connectivity index (χ4n) is 2.80. The van der Waals surface area contributed by atoms with Crippen LogP contribution >= 0.6 is 0 Å². The van der Waals surface area contributed by atoms with Crippen molar-refractivity contribution < 1.29 is 22.4 Å². The van der Waals surface area contributed by atoms with Gasteiger partial charge in [-0.25, -0.2) is 17.7 Å². The van der Waals surface area contributed by atoms with Gasteiger partial charge in [-0.15, -0.1) is 0 Å². The fourth-order valence-corrected chi connectivity index (χ4v) is 3.73. The molecule has 0 aliphatic heterocycles. The zero-order chi connectivity index (χ0) is 21.9. The fraction of sp³-hybridized carbons (Fsp3) is 0.238. The summed E-state index contributed by atoms with van der Waals surface area (Å²) in [5.74, 6) is 0.957. The smallest absolute Gasteiger partial charge is 0.242 e. The minimum absolute atomic E-state index is 0.0318. The number of hydrogen-bond donors (Lipinski definition) is 1. The van der Waals surface area contributed by atoms with Gasteiger partial charge in [0.2, 0.25) is 21.8 Å². The van der Waals surface area contributed by atoms with Gasteiger partial charge in [-0.05, 0) is 37.3 Å². The van der Waals surface area contributed by atoms with E-state index in [2.05, 4.69) is 10.3 Å². The summed E-state index contributed by atoms with van der Waals surface area (Å²) >= 11 is 0. The molecule has 0 spiro atoms. The van der Waals surface area contributed by atoms with E-state index in [1.807, 2.05) is 30.3 Å². The summed E-state index contributed by atoms with van der Waals surface area (Å²) in [4.78, 5) is 17.1. The number of hydrogen-bond acceptors (Lipinski definition) is 6.